The number of allylic oxidation sites excluding steroid dienone is 1. The standard InChI is InChI=1S/C32H34Cl2O/c1-4-7-22(5-2)18-23-10-12-24(13-11-23)32-28-16-14-25(21(3)35)19-26(28)8-6-9-30(32)29-17-15-27(33)20-31(29)34/h10-17,19-20,22H,4-9,18H2,1-3H3. The highest BCUT2D eigenvalue weighted by molar-refractivity contribution is 6.36. The number of halogens is 2. The van der Waals surface area contributed by atoms with Gasteiger partial charge >= 0.3 is 0 Å². The monoisotopic (exact) mass is 504 g/mol. The zero-order chi connectivity index (χ0) is 24.9. The summed E-state index contributed by atoms with van der Waals surface area (Å²) in [5.41, 5.74) is 9.26. The molecule has 1 aliphatic carbocycles. The van der Waals surface area contributed by atoms with Crippen LogP contribution in [0.2, 0.25) is 10.0 Å². The Kier molecular flexibility index (Phi) is 8.52. The van der Waals surface area contributed by atoms with Crippen LogP contribution in [0.5, 0.6) is 0 Å². The van der Waals surface area contributed by atoms with Gasteiger partial charge in [0.1, 0.15) is 0 Å². The van der Waals surface area contributed by atoms with Crippen molar-refractivity contribution in [2.45, 2.75) is 65.7 Å². The largest absolute Gasteiger partial charge is 0.295 e. The Morgan fingerprint density at radius 2 is 1.66 bits per heavy atom. The van der Waals surface area contributed by atoms with Gasteiger partial charge in [-0.15, -0.1) is 0 Å². The molecule has 0 radical (unpaired) electrons. The van der Waals surface area contributed by atoms with Gasteiger partial charge in [0.05, 0.1) is 0 Å². The second-order valence-corrected chi connectivity index (χ2v) is 10.6. The van der Waals surface area contributed by atoms with Crippen LogP contribution in [0.25, 0.3) is 11.1 Å². The molecule has 0 amide bonds. The minimum atomic E-state index is 0.102. The second kappa shape index (κ2) is 11.6. The van der Waals surface area contributed by atoms with E-state index in [0.717, 1.165) is 42.7 Å². The molecule has 3 aromatic rings. The van der Waals surface area contributed by atoms with Crippen molar-refractivity contribution in [3.63, 3.8) is 0 Å². The first-order valence-electron chi connectivity index (χ1n) is 12.8. The smallest absolute Gasteiger partial charge is 0.159 e. The molecule has 1 nitrogen and oxygen atoms in total. The van der Waals surface area contributed by atoms with Crippen molar-refractivity contribution in [3.8, 4) is 0 Å². The highest BCUT2D eigenvalue weighted by Crippen LogP contribution is 2.42. The number of rotatable bonds is 8. The Balaban J connectivity index is 1.86. The number of benzene rings is 3. The molecule has 0 bridgehead atoms. The Hall–Kier alpha value is -2.35. The van der Waals surface area contributed by atoms with E-state index in [9.17, 15) is 4.79 Å². The second-order valence-electron chi connectivity index (χ2n) is 9.72. The van der Waals surface area contributed by atoms with Crippen molar-refractivity contribution in [2.75, 3.05) is 0 Å². The molecule has 0 saturated heterocycles. The maximum atomic E-state index is 12.1. The van der Waals surface area contributed by atoms with Crippen molar-refractivity contribution in [2.24, 2.45) is 5.92 Å². The summed E-state index contributed by atoms with van der Waals surface area (Å²) in [6, 6.07) is 21.1. The fraction of sp³-hybridized carbons (Fsp3) is 0.344. The topological polar surface area (TPSA) is 17.1 Å². The van der Waals surface area contributed by atoms with E-state index in [1.54, 1.807) is 6.92 Å². The number of Topliss-reactive ketones (excluding diaryl/α,β-unsaturated/α-hetero) is 1. The maximum Gasteiger partial charge on any atom is 0.159 e. The van der Waals surface area contributed by atoms with Crippen LogP contribution < -0.4 is 0 Å². The molecule has 0 spiro atoms. The van der Waals surface area contributed by atoms with Gasteiger partial charge in [-0.25, -0.2) is 0 Å². The SMILES string of the molecule is CCCC(CC)Cc1ccc(C2=C(c3ccc(Cl)cc3Cl)CCCc3cc(C(C)=O)ccc32)cc1. The minimum absolute atomic E-state index is 0.102. The third-order valence-corrected chi connectivity index (χ3v) is 7.80. The maximum absolute atomic E-state index is 12.1. The van der Waals surface area contributed by atoms with Crippen molar-refractivity contribution in [1.82, 2.24) is 0 Å². The third-order valence-electron chi connectivity index (χ3n) is 7.25. The van der Waals surface area contributed by atoms with Crippen molar-refractivity contribution >= 4 is 40.1 Å². The number of aryl methyl sites for hydroxylation is 1. The average molecular weight is 506 g/mol. The molecule has 3 aromatic carbocycles. The van der Waals surface area contributed by atoms with Crippen molar-refractivity contribution < 1.29 is 4.79 Å². The number of hydrogen-bond donors (Lipinski definition) is 0. The zero-order valence-corrected chi connectivity index (χ0v) is 22.5. The molecule has 1 atom stereocenters. The van der Waals surface area contributed by atoms with E-state index >= 15 is 0 Å². The van der Waals surface area contributed by atoms with Crippen LogP contribution in [0.4, 0.5) is 0 Å². The fourth-order valence-corrected chi connectivity index (χ4v) is 5.86. The molecular weight excluding hydrogens is 471 g/mol. The minimum Gasteiger partial charge on any atom is -0.295 e. The van der Waals surface area contributed by atoms with E-state index in [2.05, 4.69) is 50.2 Å². The predicted molar refractivity (Wildman–Crippen MR) is 151 cm³/mol. The van der Waals surface area contributed by atoms with Crippen LogP contribution in [-0.2, 0) is 12.8 Å². The molecule has 1 unspecified atom stereocenters. The van der Waals surface area contributed by atoms with E-state index in [1.165, 1.54) is 52.7 Å². The lowest BCUT2D eigenvalue weighted by molar-refractivity contribution is 0.101. The predicted octanol–water partition coefficient (Wildman–Crippen LogP) is 9.86. The molecule has 35 heavy (non-hydrogen) atoms. The third kappa shape index (κ3) is 5.90. The molecule has 0 heterocycles. The summed E-state index contributed by atoms with van der Waals surface area (Å²) in [6.07, 6.45) is 7.68. The lowest BCUT2D eigenvalue weighted by atomic mass is 9.86. The van der Waals surface area contributed by atoms with E-state index in [-0.39, 0.29) is 5.78 Å². The Morgan fingerprint density at radius 3 is 2.31 bits per heavy atom. The molecule has 182 valence electrons. The molecule has 0 saturated carbocycles. The summed E-state index contributed by atoms with van der Waals surface area (Å²) in [7, 11) is 0. The first-order chi connectivity index (χ1) is 16.9. The zero-order valence-electron chi connectivity index (χ0n) is 21.0. The van der Waals surface area contributed by atoms with Gasteiger partial charge in [-0.1, -0.05) is 98.8 Å². The lowest BCUT2D eigenvalue weighted by Gasteiger charge is -2.19. The summed E-state index contributed by atoms with van der Waals surface area (Å²) < 4.78 is 0. The van der Waals surface area contributed by atoms with Crippen LogP contribution in [-0.4, -0.2) is 5.78 Å². The molecule has 0 aliphatic heterocycles. The van der Waals surface area contributed by atoms with Crippen LogP contribution in [0.3, 0.4) is 0 Å². The quantitative estimate of drug-likeness (QED) is 0.279. The van der Waals surface area contributed by atoms with E-state index in [4.69, 9.17) is 23.2 Å². The van der Waals surface area contributed by atoms with Crippen LogP contribution in [0, 0.1) is 5.92 Å². The van der Waals surface area contributed by atoms with Gasteiger partial charge in [0.25, 0.3) is 0 Å². The van der Waals surface area contributed by atoms with Gasteiger partial charge in [0.15, 0.2) is 5.78 Å². The van der Waals surface area contributed by atoms with Crippen LogP contribution >= 0.6 is 23.2 Å². The van der Waals surface area contributed by atoms with E-state index in [1.807, 2.05) is 24.3 Å². The average Bonchev–Trinajstić information content (AvgIpc) is 3.03. The first kappa shape index (κ1) is 25.7. The number of carbonyl (C=O) groups excluding carboxylic acids is 1. The van der Waals surface area contributed by atoms with Gasteiger partial charge in [-0.3, -0.25) is 4.79 Å². The highest BCUT2D eigenvalue weighted by Gasteiger charge is 2.22. The van der Waals surface area contributed by atoms with Gasteiger partial charge in [-0.05, 0) is 95.7 Å². The van der Waals surface area contributed by atoms with Gasteiger partial charge in [0, 0.05) is 15.6 Å². The summed E-state index contributed by atoms with van der Waals surface area (Å²) in [6.45, 7) is 6.19. The molecule has 0 N–H and O–H groups in total. The summed E-state index contributed by atoms with van der Waals surface area (Å²) in [5.74, 6) is 0.836. The Bertz CT molecular complexity index is 1240. The fourth-order valence-electron chi connectivity index (χ4n) is 5.34. The van der Waals surface area contributed by atoms with Crippen LogP contribution in [0.1, 0.15) is 91.1 Å². The molecule has 0 aromatic heterocycles. The van der Waals surface area contributed by atoms with Gasteiger partial charge in [0.2, 0.25) is 0 Å². The molecule has 4 rings (SSSR count). The Labute approximate surface area is 220 Å². The van der Waals surface area contributed by atoms with Crippen LogP contribution in [0.15, 0.2) is 60.7 Å². The first-order valence-corrected chi connectivity index (χ1v) is 13.6. The number of ketones is 1. The van der Waals surface area contributed by atoms with E-state index in [0.29, 0.717) is 10.0 Å². The summed E-state index contributed by atoms with van der Waals surface area (Å²) >= 11 is 13.0. The normalized spacial score (nSPS) is 14.4. The summed E-state index contributed by atoms with van der Waals surface area (Å²) in [5, 5.41) is 1.32. The van der Waals surface area contributed by atoms with Crippen molar-refractivity contribution in [1.29, 1.82) is 0 Å². The highest BCUT2D eigenvalue weighted by atomic mass is 35.5. The molecule has 3 heteroatoms. The summed E-state index contributed by atoms with van der Waals surface area (Å²) in [4.78, 5) is 12.1. The van der Waals surface area contributed by atoms with Gasteiger partial charge in [-0.2, -0.15) is 0 Å². The molecule has 0 fully saturated rings. The number of fused-ring (bicyclic) bond motifs is 1. The van der Waals surface area contributed by atoms with Crippen molar-refractivity contribution in [3.05, 3.63) is 104 Å². The molecule has 1 aliphatic rings. The lowest BCUT2D eigenvalue weighted by Crippen LogP contribution is -2.03. The number of hydrogen-bond acceptors (Lipinski definition) is 1. The Morgan fingerprint density at radius 1 is 0.914 bits per heavy atom. The van der Waals surface area contributed by atoms with Gasteiger partial charge < -0.3 is 0 Å². The molecular formula is C32H34Cl2O. The van der Waals surface area contributed by atoms with E-state index < -0.39 is 0 Å². The number of carbonyl (C=O) groups is 1.